The summed E-state index contributed by atoms with van der Waals surface area (Å²) < 4.78 is 10.3. The Morgan fingerprint density at radius 3 is 2.00 bits per heavy atom. The van der Waals surface area contributed by atoms with Gasteiger partial charge in [0.15, 0.2) is 5.41 Å². The minimum Gasteiger partial charge on any atom is -0.422 e. The second kappa shape index (κ2) is 2.74. The first-order valence-electron chi connectivity index (χ1n) is 5.33. The molecule has 2 fully saturated rings. The van der Waals surface area contributed by atoms with Crippen molar-refractivity contribution in [2.75, 3.05) is 0 Å². The Hall–Kier alpha value is -1.06. The summed E-state index contributed by atoms with van der Waals surface area (Å²) in [5.41, 5.74) is -0.996. The van der Waals surface area contributed by atoms with E-state index < -0.39 is 23.1 Å². The van der Waals surface area contributed by atoms with Gasteiger partial charge in [-0.2, -0.15) is 0 Å². The van der Waals surface area contributed by atoms with Crippen LogP contribution in [0.3, 0.4) is 0 Å². The largest absolute Gasteiger partial charge is 0.422 e. The van der Waals surface area contributed by atoms with Gasteiger partial charge in [0, 0.05) is 13.8 Å². The van der Waals surface area contributed by atoms with Crippen LogP contribution in [0, 0.1) is 17.3 Å². The van der Waals surface area contributed by atoms with Gasteiger partial charge >= 0.3 is 11.9 Å². The van der Waals surface area contributed by atoms with Crippen LogP contribution in [0.4, 0.5) is 0 Å². The maximum atomic E-state index is 11.9. The molecule has 1 aliphatic carbocycles. The van der Waals surface area contributed by atoms with Crippen LogP contribution in [0.2, 0.25) is 0 Å². The van der Waals surface area contributed by atoms with Crippen LogP contribution in [0.15, 0.2) is 0 Å². The number of hydrogen-bond acceptors (Lipinski definition) is 4. The van der Waals surface area contributed by atoms with E-state index in [0.717, 1.165) is 6.42 Å². The molecule has 0 radical (unpaired) electrons. The smallest absolute Gasteiger partial charge is 0.327 e. The Morgan fingerprint density at radius 1 is 1.20 bits per heavy atom. The zero-order chi connectivity index (χ0) is 11.4. The third-order valence-corrected chi connectivity index (χ3v) is 3.59. The molecule has 0 aromatic heterocycles. The van der Waals surface area contributed by atoms with Gasteiger partial charge < -0.3 is 9.47 Å². The molecule has 0 N–H and O–H groups in total. The van der Waals surface area contributed by atoms with Gasteiger partial charge in [0.25, 0.3) is 5.79 Å². The highest BCUT2D eigenvalue weighted by molar-refractivity contribution is 6.05. The molecule has 15 heavy (non-hydrogen) atoms. The number of ether oxygens (including phenoxy) is 2. The van der Waals surface area contributed by atoms with Crippen LogP contribution in [-0.2, 0) is 19.1 Å². The zero-order valence-electron chi connectivity index (χ0n) is 9.49. The molecule has 0 aromatic rings. The summed E-state index contributed by atoms with van der Waals surface area (Å²) in [6, 6.07) is 0. The van der Waals surface area contributed by atoms with E-state index in [-0.39, 0.29) is 11.8 Å². The summed E-state index contributed by atoms with van der Waals surface area (Å²) in [5, 5.41) is 0. The lowest BCUT2D eigenvalue weighted by atomic mass is 10.00. The number of hydrogen-bond donors (Lipinski definition) is 0. The van der Waals surface area contributed by atoms with Crippen molar-refractivity contribution in [3.63, 3.8) is 0 Å². The second-order valence-corrected chi connectivity index (χ2v) is 4.85. The fourth-order valence-electron chi connectivity index (χ4n) is 2.72. The van der Waals surface area contributed by atoms with E-state index in [4.69, 9.17) is 9.47 Å². The number of carbonyl (C=O) groups is 2. The van der Waals surface area contributed by atoms with Crippen LogP contribution in [0.25, 0.3) is 0 Å². The molecule has 0 bridgehead atoms. The van der Waals surface area contributed by atoms with Gasteiger partial charge in [0.1, 0.15) is 0 Å². The van der Waals surface area contributed by atoms with Gasteiger partial charge in [-0.25, -0.2) is 0 Å². The Balaban J connectivity index is 2.30. The normalized spacial score (nSPS) is 36.0. The summed E-state index contributed by atoms with van der Waals surface area (Å²) >= 11 is 0. The molecular formula is C11H16O4. The van der Waals surface area contributed by atoms with Crippen LogP contribution in [-0.4, -0.2) is 17.7 Å². The Kier molecular flexibility index (Phi) is 1.91. The molecule has 0 aromatic carbocycles. The van der Waals surface area contributed by atoms with Gasteiger partial charge in [-0.15, -0.1) is 0 Å². The Bertz CT molecular complexity index is 311. The number of rotatable bonds is 1. The van der Waals surface area contributed by atoms with Crippen molar-refractivity contribution in [2.45, 2.75) is 39.9 Å². The first kappa shape index (κ1) is 10.5. The summed E-state index contributed by atoms with van der Waals surface area (Å²) in [7, 11) is 0. The lowest BCUT2D eigenvalue weighted by molar-refractivity contribution is -0.244. The standard InChI is InChI=1S/C11H16O4/c1-5-7-6(2)11(7)8(12)14-10(3,4)15-9(11)13/h6-7H,5H2,1-4H3/t6-,7-/m0/s1. The van der Waals surface area contributed by atoms with Gasteiger partial charge in [0.05, 0.1) is 0 Å². The molecule has 1 heterocycles. The van der Waals surface area contributed by atoms with Crippen molar-refractivity contribution in [1.82, 2.24) is 0 Å². The van der Waals surface area contributed by atoms with Crippen molar-refractivity contribution in [3.8, 4) is 0 Å². The molecule has 1 saturated carbocycles. The molecule has 1 spiro atoms. The summed E-state index contributed by atoms with van der Waals surface area (Å²) in [6.07, 6.45) is 0.797. The lowest BCUT2D eigenvalue weighted by Crippen LogP contribution is -2.49. The monoisotopic (exact) mass is 212 g/mol. The molecule has 4 heteroatoms. The molecular weight excluding hydrogens is 196 g/mol. The molecule has 2 rings (SSSR count). The highest BCUT2D eigenvalue weighted by atomic mass is 16.7. The van der Waals surface area contributed by atoms with E-state index in [9.17, 15) is 9.59 Å². The van der Waals surface area contributed by atoms with E-state index in [1.807, 2.05) is 13.8 Å². The molecule has 2 atom stereocenters. The predicted octanol–water partition coefficient (Wildman–Crippen LogP) is 1.48. The molecule has 4 nitrogen and oxygen atoms in total. The number of esters is 2. The molecule has 1 saturated heterocycles. The first-order valence-corrected chi connectivity index (χ1v) is 5.33. The van der Waals surface area contributed by atoms with Crippen LogP contribution < -0.4 is 0 Å². The van der Waals surface area contributed by atoms with Crippen LogP contribution in [0.1, 0.15) is 34.1 Å². The van der Waals surface area contributed by atoms with E-state index in [2.05, 4.69) is 0 Å². The predicted molar refractivity (Wildman–Crippen MR) is 51.6 cm³/mol. The third-order valence-electron chi connectivity index (χ3n) is 3.59. The summed E-state index contributed by atoms with van der Waals surface area (Å²) in [6.45, 7) is 7.01. The quantitative estimate of drug-likeness (QED) is 0.488. The minimum atomic E-state index is -1.11. The summed E-state index contributed by atoms with van der Waals surface area (Å²) in [5.74, 6) is -1.82. The topological polar surface area (TPSA) is 52.6 Å². The maximum absolute atomic E-state index is 11.9. The first-order chi connectivity index (χ1) is 6.86. The molecule has 2 aliphatic rings. The van der Waals surface area contributed by atoms with E-state index in [1.165, 1.54) is 0 Å². The fraction of sp³-hybridized carbons (Fsp3) is 0.818. The van der Waals surface area contributed by atoms with Crippen LogP contribution >= 0.6 is 0 Å². The van der Waals surface area contributed by atoms with Crippen LogP contribution in [0.5, 0.6) is 0 Å². The van der Waals surface area contributed by atoms with Crippen molar-refractivity contribution in [2.24, 2.45) is 17.3 Å². The van der Waals surface area contributed by atoms with Crippen molar-refractivity contribution < 1.29 is 19.1 Å². The number of cyclic esters (lactones) is 2. The second-order valence-electron chi connectivity index (χ2n) is 4.85. The van der Waals surface area contributed by atoms with Crippen molar-refractivity contribution in [1.29, 1.82) is 0 Å². The molecule has 1 aliphatic heterocycles. The third kappa shape index (κ3) is 1.13. The SMILES string of the molecule is CC[C@H]1[C@H](C)C12C(=O)OC(C)(C)OC2=O. The van der Waals surface area contributed by atoms with Gasteiger partial charge in [-0.05, 0) is 11.8 Å². The van der Waals surface area contributed by atoms with Gasteiger partial charge in [-0.3, -0.25) is 9.59 Å². The van der Waals surface area contributed by atoms with E-state index in [0.29, 0.717) is 0 Å². The van der Waals surface area contributed by atoms with Gasteiger partial charge in [0.2, 0.25) is 0 Å². The highest BCUT2D eigenvalue weighted by Crippen LogP contribution is 2.63. The highest BCUT2D eigenvalue weighted by Gasteiger charge is 2.76. The van der Waals surface area contributed by atoms with Crippen molar-refractivity contribution in [3.05, 3.63) is 0 Å². The molecule has 0 unspecified atom stereocenters. The molecule has 0 amide bonds. The average molecular weight is 212 g/mol. The zero-order valence-corrected chi connectivity index (χ0v) is 9.49. The average Bonchev–Trinajstić information content (AvgIpc) is 2.67. The number of carbonyl (C=O) groups excluding carboxylic acids is 2. The van der Waals surface area contributed by atoms with Crippen molar-refractivity contribution >= 4 is 11.9 Å². The van der Waals surface area contributed by atoms with Gasteiger partial charge in [-0.1, -0.05) is 20.3 Å². The Labute approximate surface area is 88.9 Å². The Morgan fingerprint density at radius 2 is 1.67 bits per heavy atom. The minimum absolute atomic E-state index is 0.0404. The van der Waals surface area contributed by atoms with E-state index in [1.54, 1.807) is 13.8 Å². The fourth-order valence-corrected chi connectivity index (χ4v) is 2.72. The maximum Gasteiger partial charge on any atom is 0.327 e. The summed E-state index contributed by atoms with van der Waals surface area (Å²) in [4.78, 5) is 23.7. The molecule has 84 valence electrons. The lowest BCUT2D eigenvalue weighted by Gasteiger charge is -2.33. The van der Waals surface area contributed by atoms with E-state index >= 15 is 0 Å².